The molecule has 0 fully saturated rings. The van der Waals surface area contributed by atoms with Gasteiger partial charge in [-0.3, -0.25) is 4.79 Å². The molecule has 0 spiro atoms. The zero-order valence-corrected chi connectivity index (χ0v) is 17.0. The Morgan fingerprint density at radius 3 is 2.74 bits per heavy atom. The summed E-state index contributed by atoms with van der Waals surface area (Å²) in [5.41, 5.74) is 0.872. The molecule has 2 heterocycles. The normalized spacial score (nSPS) is 22.7. The average molecular weight is 429 g/mol. The Labute approximate surface area is 178 Å². The number of allylic oxidation sites excluding steroid dienone is 3. The van der Waals surface area contributed by atoms with Crippen LogP contribution >= 0.6 is 0 Å². The number of benzene rings is 1. The van der Waals surface area contributed by atoms with Crippen LogP contribution in [0.15, 0.2) is 60.3 Å². The third-order valence-corrected chi connectivity index (χ3v) is 5.97. The number of carbonyl (C=O) groups excluding carboxylic acids is 1. The Balaban J connectivity index is 1.70. The second-order valence-corrected chi connectivity index (χ2v) is 7.78. The minimum absolute atomic E-state index is 0.0722. The number of alkyl halides is 3. The van der Waals surface area contributed by atoms with Crippen molar-refractivity contribution in [2.75, 3.05) is 0 Å². The number of hydrogen-bond donors (Lipinski definition) is 0. The number of aldehydes is 1. The third-order valence-electron chi connectivity index (χ3n) is 5.97. The van der Waals surface area contributed by atoms with Gasteiger partial charge in [-0.2, -0.15) is 13.2 Å². The lowest BCUT2D eigenvalue weighted by Crippen LogP contribution is -2.37. The number of fused-ring (bicyclic) bond motifs is 1. The van der Waals surface area contributed by atoms with E-state index in [4.69, 9.17) is 9.47 Å². The molecule has 0 bridgehead atoms. The molecule has 0 N–H and O–H groups in total. The van der Waals surface area contributed by atoms with Gasteiger partial charge in [-0.1, -0.05) is 55.5 Å². The fourth-order valence-electron chi connectivity index (χ4n) is 4.13. The predicted octanol–water partition coefficient (Wildman–Crippen LogP) is 5.89. The molecule has 1 aromatic carbocycles. The molecular formula is C24H22F3NO3. The molecule has 2 aliphatic rings. The molecule has 1 aliphatic carbocycles. The van der Waals surface area contributed by atoms with E-state index in [1.54, 1.807) is 6.08 Å². The van der Waals surface area contributed by atoms with E-state index in [0.29, 0.717) is 23.0 Å². The zero-order valence-electron chi connectivity index (χ0n) is 17.0. The molecule has 2 unspecified atom stereocenters. The average Bonchev–Trinajstić information content (AvgIpc) is 3.21. The van der Waals surface area contributed by atoms with Crippen molar-refractivity contribution in [2.24, 2.45) is 5.41 Å². The zero-order chi connectivity index (χ0) is 22.1. The van der Waals surface area contributed by atoms with Gasteiger partial charge in [0.05, 0.1) is 12.0 Å². The number of hydrogen-bond acceptors (Lipinski definition) is 4. The Hall–Kier alpha value is -2.93. The van der Waals surface area contributed by atoms with Crippen LogP contribution in [0.2, 0.25) is 0 Å². The Kier molecular flexibility index (Phi) is 5.71. The summed E-state index contributed by atoms with van der Waals surface area (Å²) < 4.78 is 53.5. The van der Waals surface area contributed by atoms with E-state index in [1.807, 2.05) is 30.3 Å². The first-order chi connectivity index (χ1) is 14.9. The quantitative estimate of drug-likeness (QED) is 0.538. The van der Waals surface area contributed by atoms with Crippen LogP contribution in [0, 0.1) is 5.41 Å². The summed E-state index contributed by atoms with van der Waals surface area (Å²) in [6.07, 6.45) is 1.09. The molecule has 0 radical (unpaired) electrons. The Morgan fingerprint density at radius 2 is 2.06 bits per heavy atom. The molecule has 2 aromatic rings. The van der Waals surface area contributed by atoms with Crippen molar-refractivity contribution < 1.29 is 27.4 Å². The molecule has 0 saturated heterocycles. The molecular weight excluding hydrogens is 407 g/mol. The van der Waals surface area contributed by atoms with Crippen LogP contribution in [0.4, 0.5) is 13.2 Å². The Morgan fingerprint density at radius 1 is 1.29 bits per heavy atom. The standard InChI is InChI=1S/C24H22F3NO3/c1-2-23(24(25,26)27)10-6-9-17(11-23)21-20-18(15-31-21)12-28-19(13-29)22(20)30-14-16-7-4-3-5-8-16/h3-10,12-13,21H,2,11,14-15H2,1H3. The summed E-state index contributed by atoms with van der Waals surface area (Å²) in [5, 5.41) is 0. The van der Waals surface area contributed by atoms with Crippen molar-refractivity contribution in [3.8, 4) is 5.75 Å². The molecule has 0 amide bonds. The van der Waals surface area contributed by atoms with E-state index < -0.39 is 17.7 Å². The lowest BCUT2D eigenvalue weighted by Gasteiger charge is -2.36. The molecule has 1 aliphatic heterocycles. The van der Waals surface area contributed by atoms with Gasteiger partial charge in [0.2, 0.25) is 0 Å². The number of carbonyl (C=O) groups is 1. The monoisotopic (exact) mass is 429 g/mol. The maximum atomic E-state index is 13.9. The van der Waals surface area contributed by atoms with Crippen LogP contribution < -0.4 is 4.74 Å². The smallest absolute Gasteiger partial charge is 0.398 e. The van der Waals surface area contributed by atoms with Crippen LogP contribution in [-0.4, -0.2) is 17.4 Å². The van der Waals surface area contributed by atoms with Crippen molar-refractivity contribution in [1.82, 2.24) is 4.98 Å². The largest absolute Gasteiger partial charge is 0.486 e. The number of halogens is 3. The topological polar surface area (TPSA) is 48.4 Å². The molecule has 162 valence electrons. The summed E-state index contributed by atoms with van der Waals surface area (Å²) >= 11 is 0. The maximum Gasteiger partial charge on any atom is 0.398 e. The second-order valence-electron chi connectivity index (χ2n) is 7.78. The Bertz CT molecular complexity index is 1030. The van der Waals surface area contributed by atoms with Gasteiger partial charge >= 0.3 is 6.18 Å². The van der Waals surface area contributed by atoms with Crippen LogP contribution in [0.25, 0.3) is 0 Å². The van der Waals surface area contributed by atoms with E-state index >= 15 is 0 Å². The van der Waals surface area contributed by atoms with Gasteiger partial charge < -0.3 is 9.47 Å². The van der Waals surface area contributed by atoms with Crippen LogP contribution in [-0.2, 0) is 18.0 Å². The minimum Gasteiger partial charge on any atom is -0.486 e. The van der Waals surface area contributed by atoms with Gasteiger partial charge in [-0.05, 0) is 24.0 Å². The summed E-state index contributed by atoms with van der Waals surface area (Å²) in [6, 6.07) is 9.41. The van der Waals surface area contributed by atoms with Crippen LogP contribution in [0.5, 0.6) is 5.75 Å². The SMILES string of the molecule is CCC1(C(F)(F)F)C=CC=C(C2OCc3cnc(C=O)c(OCc4ccccc4)c32)C1. The lowest BCUT2D eigenvalue weighted by molar-refractivity contribution is -0.207. The van der Waals surface area contributed by atoms with E-state index in [9.17, 15) is 18.0 Å². The number of pyridine rings is 1. The first-order valence-corrected chi connectivity index (χ1v) is 10.1. The van der Waals surface area contributed by atoms with E-state index in [2.05, 4.69) is 4.98 Å². The van der Waals surface area contributed by atoms with Gasteiger partial charge in [-0.25, -0.2) is 4.98 Å². The van der Waals surface area contributed by atoms with Crippen molar-refractivity contribution in [3.05, 3.63) is 82.7 Å². The van der Waals surface area contributed by atoms with E-state index in [1.165, 1.54) is 25.3 Å². The molecule has 4 nitrogen and oxygen atoms in total. The van der Waals surface area contributed by atoms with Gasteiger partial charge in [0.15, 0.2) is 12.0 Å². The molecule has 1 aromatic heterocycles. The lowest BCUT2D eigenvalue weighted by atomic mass is 9.73. The van der Waals surface area contributed by atoms with Crippen molar-refractivity contribution in [3.63, 3.8) is 0 Å². The fourth-order valence-corrected chi connectivity index (χ4v) is 4.13. The van der Waals surface area contributed by atoms with Crippen LogP contribution in [0.3, 0.4) is 0 Å². The highest BCUT2D eigenvalue weighted by atomic mass is 19.4. The highest BCUT2D eigenvalue weighted by molar-refractivity contribution is 5.78. The number of rotatable bonds is 6. The second kappa shape index (κ2) is 8.30. The van der Waals surface area contributed by atoms with Gasteiger partial charge in [-0.15, -0.1) is 0 Å². The third kappa shape index (κ3) is 3.90. The highest BCUT2D eigenvalue weighted by Gasteiger charge is 2.53. The van der Waals surface area contributed by atoms with Gasteiger partial charge in [0.1, 0.15) is 18.4 Å². The summed E-state index contributed by atoms with van der Waals surface area (Å²) in [7, 11) is 0. The maximum absolute atomic E-state index is 13.9. The number of ether oxygens (including phenoxy) is 2. The van der Waals surface area contributed by atoms with Crippen LogP contribution in [0.1, 0.15) is 53.0 Å². The minimum atomic E-state index is -4.38. The molecule has 31 heavy (non-hydrogen) atoms. The van der Waals surface area contributed by atoms with E-state index in [0.717, 1.165) is 5.56 Å². The first-order valence-electron chi connectivity index (χ1n) is 10.1. The van der Waals surface area contributed by atoms with Crippen molar-refractivity contribution in [2.45, 2.75) is 45.3 Å². The van der Waals surface area contributed by atoms with Gasteiger partial charge in [0, 0.05) is 17.3 Å². The summed E-state index contributed by atoms with van der Waals surface area (Å²) in [5.74, 6) is 0.267. The summed E-state index contributed by atoms with van der Waals surface area (Å²) in [4.78, 5) is 15.8. The predicted molar refractivity (Wildman–Crippen MR) is 109 cm³/mol. The van der Waals surface area contributed by atoms with E-state index in [-0.39, 0.29) is 37.5 Å². The molecule has 7 heteroatoms. The van der Waals surface area contributed by atoms with Crippen molar-refractivity contribution in [1.29, 1.82) is 0 Å². The summed E-state index contributed by atoms with van der Waals surface area (Å²) in [6.45, 7) is 1.93. The first kappa shape index (κ1) is 21.3. The molecule has 0 saturated carbocycles. The fraction of sp³-hybridized carbons (Fsp3) is 0.333. The van der Waals surface area contributed by atoms with Gasteiger partial charge in [0.25, 0.3) is 0 Å². The molecule has 2 atom stereocenters. The number of nitrogens with zero attached hydrogens (tertiary/aromatic N) is 1. The van der Waals surface area contributed by atoms with Crippen molar-refractivity contribution >= 4 is 6.29 Å². The number of aromatic nitrogens is 1. The highest BCUT2D eigenvalue weighted by Crippen LogP contribution is 2.53. The molecule has 4 rings (SSSR count).